The lowest BCUT2D eigenvalue weighted by Crippen LogP contribution is -2.41. The Morgan fingerprint density at radius 3 is 2.21 bits per heavy atom. The summed E-state index contributed by atoms with van der Waals surface area (Å²) < 4.78 is 17.9. The second kappa shape index (κ2) is 6.06. The molecule has 1 fully saturated rings. The van der Waals surface area contributed by atoms with Gasteiger partial charge >= 0.3 is 7.12 Å². The van der Waals surface area contributed by atoms with Gasteiger partial charge in [-0.05, 0) is 52.8 Å². The normalized spacial score (nSPS) is 18.7. The van der Waals surface area contributed by atoms with Gasteiger partial charge in [0, 0.05) is 28.4 Å². The first-order valence-corrected chi connectivity index (χ1v) is 8.31. The molecule has 2 heterocycles. The number of benzene rings is 1. The van der Waals surface area contributed by atoms with Crippen molar-refractivity contribution < 1.29 is 14.0 Å². The van der Waals surface area contributed by atoms with Crippen LogP contribution in [0.25, 0.3) is 0 Å². The molecular formula is C18H21BClNO3. The van der Waals surface area contributed by atoms with Crippen LogP contribution < -0.4 is 10.2 Å². The zero-order valence-electron chi connectivity index (χ0n) is 14.6. The Morgan fingerprint density at radius 1 is 1.00 bits per heavy atom. The average Bonchev–Trinajstić information content (AvgIpc) is 2.67. The van der Waals surface area contributed by atoms with E-state index in [0.717, 1.165) is 16.9 Å². The Morgan fingerprint density at radius 2 is 1.62 bits per heavy atom. The molecule has 24 heavy (non-hydrogen) atoms. The Kier molecular flexibility index (Phi) is 4.37. The van der Waals surface area contributed by atoms with E-state index in [1.54, 1.807) is 12.3 Å². The number of halogens is 1. The molecule has 126 valence electrons. The van der Waals surface area contributed by atoms with Crippen molar-refractivity contribution in [1.29, 1.82) is 0 Å². The number of pyridine rings is 1. The quantitative estimate of drug-likeness (QED) is 0.784. The molecule has 0 aliphatic carbocycles. The maximum Gasteiger partial charge on any atom is 0.496 e. The highest BCUT2D eigenvalue weighted by Crippen LogP contribution is 2.37. The summed E-state index contributed by atoms with van der Waals surface area (Å²) in [5, 5.41) is 0.553. The summed E-state index contributed by atoms with van der Waals surface area (Å²) in [4.78, 5) is 4.15. The van der Waals surface area contributed by atoms with Crippen molar-refractivity contribution in [2.24, 2.45) is 0 Å². The van der Waals surface area contributed by atoms with Crippen LogP contribution >= 0.6 is 11.6 Å². The van der Waals surface area contributed by atoms with Gasteiger partial charge in [0.1, 0.15) is 11.5 Å². The lowest BCUT2D eigenvalue weighted by atomic mass is 9.79. The van der Waals surface area contributed by atoms with Crippen LogP contribution in [0.4, 0.5) is 0 Å². The van der Waals surface area contributed by atoms with Gasteiger partial charge in [-0.1, -0.05) is 17.7 Å². The zero-order valence-corrected chi connectivity index (χ0v) is 15.3. The first-order valence-electron chi connectivity index (χ1n) is 7.93. The van der Waals surface area contributed by atoms with Crippen LogP contribution in [0.1, 0.15) is 33.4 Å². The minimum atomic E-state index is -0.486. The van der Waals surface area contributed by atoms with E-state index in [9.17, 15) is 0 Å². The lowest BCUT2D eigenvalue weighted by Gasteiger charge is -2.32. The minimum Gasteiger partial charge on any atom is -0.457 e. The van der Waals surface area contributed by atoms with E-state index in [2.05, 4.69) is 4.98 Å². The molecule has 0 unspecified atom stereocenters. The van der Waals surface area contributed by atoms with E-state index in [1.165, 1.54) is 0 Å². The van der Waals surface area contributed by atoms with Crippen molar-refractivity contribution in [1.82, 2.24) is 4.98 Å². The maximum absolute atomic E-state index is 6.44. The van der Waals surface area contributed by atoms with Crippen LogP contribution in [0, 0.1) is 6.92 Å². The minimum absolute atomic E-state index is 0.398. The molecule has 6 heteroatoms. The van der Waals surface area contributed by atoms with Crippen molar-refractivity contribution in [2.75, 3.05) is 0 Å². The van der Waals surface area contributed by atoms with Gasteiger partial charge in [0.2, 0.25) is 0 Å². The molecule has 1 aromatic heterocycles. The summed E-state index contributed by atoms with van der Waals surface area (Å²) in [6, 6.07) is 9.20. The molecule has 3 rings (SSSR count). The summed E-state index contributed by atoms with van der Waals surface area (Å²) in [6.07, 6.45) is 1.71. The highest BCUT2D eigenvalue weighted by molar-refractivity contribution is 6.65. The van der Waals surface area contributed by atoms with Gasteiger partial charge in [0.15, 0.2) is 0 Å². The fraction of sp³-hybridized carbons (Fsp3) is 0.389. The molecule has 0 radical (unpaired) electrons. The highest BCUT2D eigenvalue weighted by atomic mass is 35.5. The molecule has 0 spiro atoms. The molecule has 0 saturated carbocycles. The summed E-state index contributed by atoms with van der Waals surface area (Å²) in [5.74, 6) is 1.38. The van der Waals surface area contributed by atoms with Crippen molar-refractivity contribution in [3.05, 3.63) is 47.2 Å². The molecule has 4 nitrogen and oxygen atoms in total. The van der Waals surface area contributed by atoms with Gasteiger partial charge in [0.25, 0.3) is 0 Å². The number of hydrogen-bond acceptors (Lipinski definition) is 4. The first-order chi connectivity index (χ1) is 11.2. The summed E-state index contributed by atoms with van der Waals surface area (Å²) in [5.41, 5.74) is 0.899. The smallest absolute Gasteiger partial charge is 0.457 e. The van der Waals surface area contributed by atoms with Gasteiger partial charge in [-0.15, -0.1) is 0 Å². The SMILES string of the molecule is Cc1cc(Oc2ccc(B3OC(C)(C)C(C)(C)O3)c(Cl)c2)ccn1. The number of ether oxygens (including phenoxy) is 1. The van der Waals surface area contributed by atoms with Crippen molar-refractivity contribution in [3.63, 3.8) is 0 Å². The van der Waals surface area contributed by atoms with Gasteiger partial charge in [-0.2, -0.15) is 0 Å². The number of hydrogen-bond donors (Lipinski definition) is 0. The molecule has 0 amide bonds. The van der Waals surface area contributed by atoms with Crippen LogP contribution in [0.2, 0.25) is 5.02 Å². The summed E-state index contributed by atoms with van der Waals surface area (Å²) >= 11 is 6.44. The molecule has 0 N–H and O–H groups in total. The monoisotopic (exact) mass is 345 g/mol. The summed E-state index contributed by atoms with van der Waals surface area (Å²) in [6.45, 7) is 9.99. The Hall–Kier alpha value is -1.56. The first kappa shape index (κ1) is 17.3. The topological polar surface area (TPSA) is 40.6 Å². The van der Waals surface area contributed by atoms with E-state index in [-0.39, 0.29) is 0 Å². The number of rotatable bonds is 3. The maximum atomic E-state index is 6.44. The van der Waals surface area contributed by atoms with Gasteiger partial charge in [0.05, 0.1) is 11.2 Å². The molecule has 2 aromatic rings. The van der Waals surface area contributed by atoms with E-state index >= 15 is 0 Å². The third-order valence-corrected chi connectivity index (χ3v) is 4.91. The highest BCUT2D eigenvalue weighted by Gasteiger charge is 2.52. The predicted molar refractivity (Wildman–Crippen MR) is 96.2 cm³/mol. The molecular weight excluding hydrogens is 324 g/mol. The Labute approximate surface area is 148 Å². The molecule has 1 saturated heterocycles. The van der Waals surface area contributed by atoms with Crippen LogP contribution in [-0.2, 0) is 9.31 Å². The van der Waals surface area contributed by atoms with Crippen LogP contribution in [0.15, 0.2) is 36.5 Å². The van der Waals surface area contributed by atoms with Gasteiger partial charge < -0.3 is 14.0 Å². The van der Waals surface area contributed by atoms with E-state index in [1.807, 2.05) is 58.9 Å². The van der Waals surface area contributed by atoms with Crippen molar-refractivity contribution in [3.8, 4) is 11.5 Å². The average molecular weight is 346 g/mol. The standard InChI is InChI=1S/C18H21BClNO3/c1-12-10-14(8-9-21-12)22-13-6-7-15(16(20)11-13)19-23-17(2,3)18(4,5)24-19/h6-11H,1-5H3. The number of nitrogens with zero attached hydrogens (tertiary/aromatic N) is 1. The Balaban J connectivity index is 1.81. The molecule has 1 aliphatic heterocycles. The molecule has 1 aliphatic rings. The van der Waals surface area contributed by atoms with Crippen LogP contribution in [0.5, 0.6) is 11.5 Å². The molecule has 0 atom stereocenters. The van der Waals surface area contributed by atoms with E-state index < -0.39 is 18.3 Å². The molecule has 0 bridgehead atoms. The van der Waals surface area contributed by atoms with Gasteiger partial charge in [-0.3, -0.25) is 4.98 Å². The fourth-order valence-electron chi connectivity index (χ4n) is 2.45. The third kappa shape index (κ3) is 3.29. The zero-order chi connectivity index (χ0) is 17.5. The number of aryl methyl sites for hydroxylation is 1. The largest absolute Gasteiger partial charge is 0.496 e. The second-order valence-corrected chi connectivity index (χ2v) is 7.41. The lowest BCUT2D eigenvalue weighted by molar-refractivity contribution is 0.00578. The van der Waals surface area contributed by atoms with Crippen molar-refractivity contribution in [2.45, 2.75) is 45.8 Å². The second-order valence-electron chi connectivity index (χ2n) is 7.01. The fourth-order valence-corrected chi connectivity index (χ4v) is 2.71. The van der Waals surface area contributed by atoms with E-state index in [4.69, 9.17) is 25.6 Å². The molecule has 1 aromatic carbocycles. The summed E-state index contributed by atoms with van der Waals surface area (Å²) in [7, 11) is -0.486. The third-order valence-electron chi connectivity index (χ3n) is 4.58. The van der Waals surface area contributed by atoms with E-state index in [0.29, 0.717) is 10.8 Å². The van der Waals surface area contributed by atoms with Crippen molar-refractivity contribution >= 4 is 24.2 Å². The Bertz CT molecular complexity index is 748. The van der Waals surface area contributed by atoms with Gasteiger partial charge in [-0.25, -0.2) is 0 Å². The van der Waals surface area contributed by atoms with Crippen LogP contribution in [-0.4, -0.2) is 23.3 Å². The number of aromatic nitrogens is 1. The predicted octanol–water partition coefficient (Wildman–Crippen LogP) is 4.13. The van der Waals surface area contributed by atoms with Crippen LogP contribution in [0.3, 0.4) is 0 Å².